The minimum atomic E-state index is -5.08. The number of aryl methyl sites for hydroxylation is 1. The molecule has 3 aliphatic rings. The van der Waals surface area contributed by atoms with Crippen LogP contribution in [0.1, 0.15) is 49.2 Å². The van der Waals surface area contributed by atoms with Crippen LogP contribution in [-0.2, 0) is 20.8 Å². The van der Waals surface area contributed by atoms with Gasteiger partial charge in [0.25, 0.3) is 0 Å². The van der Waals surface area contributed by atoms with Crippen LogP contribution in [0.5, 0.6) is 0 Å². The summed E-state index contributed by atoms with van der Waals surface area (Å²) in [6, 6.07) is 0. The van der Waals surface area contributed by atoms with Gasteiger partial charge in [0, 0.05) is 43.8 Å². The first-order valence-electron chi connectivity index (χ1n) is 10.3. The molecule has 1 atom stereocenters. The maximum atomic E-state index is 10.6. The van der Waals surface area contributed by atoms with Gasteiger partial charge in [0.2, 0.25) is 0 Å². The van der Waals surface area contributed by atoms with E-state index >= 15 is 0 Å². The monoisotopic (exact) mass is 450 g/mol. The zero-order valence-electron chi connectivity index (χ0n) is 17.1. The number of ether oxygens (including phenoxy) is 2. The smallest absolute Gasteiger partial charge is 0.475 e. The Kier molecular flexibility index (Phi) is 7.76. The molecule has 3 heterocycles. The molecule has 2 aliphatic heterocycles. The van der Waals surface area contributed by atoms with E-state index in [9.17, 15) is 13.2 Å². The Morgan fingerprint density at radius 1 is 1.37 bits per heavy atom. The van der Waals surface area contributed by atoms with Crippen molar-refractivity contribution in [1.82, 2.24) is 9.88 Å². The number of hydrogen-bond donors (Lipinski definition) is 1. The average Bonchev–Trinajstić information content (AvgIpc) is 3.30. The molecule has 1 aromatic rings. The molecule has 170 valence electrons. The van der Waals surface area contributed by atoms with Gasteiger partial charge in [-0.15, -0.1) is 11.3 Å². The van der Waals surface area contributed by atoms with Gasteiger partial charge in [-0.1, -0.05) is 12.8 Å². The van der Waals surface area contributed by atoms with E-state index in [0.717, 1.165) is 57.3 Å². The lowest BCUT2D eigenvalue weighted by atomic mass is 9.84. The molecule has 2 saturated heterocycles. The number of carbonyl (C=O) groups is 1. The average molecular weight is 451 g/mol. The normalized spacial score (nSPS) is 24.3. The second-order valence-corrected chi connectivity index (χ2v) is 9.40. The summed E-state index contributed by atoms with van der Waals surface area (Å²) >= 11 is 1.77. The summed E-state index contributed by atoms with van der Waals surface area (Å²) in [5.41, 5.74) is 1.19. The molecule has 1 saturated carbocycles. The van der Waals surface area contributed by atoms with E-state index in [-0.39, 0.29) is 5.60 Å². The van der Waals surface area contributed by atoms with E-state index in [1.54, 1.807) is 11.3 Å². The number of carboxylic acid groups (broad SMARTS) is 1. The fourth-order valence-corrected chi connectivity index (χ4v) is 5.15. The fourth-order valence-electron chi connectivity index (χ4n) is 4.34. The molecule has 6 nitrogen and oxygen atoms in total. The van der Waals surface area contributed by atoms with Crippen LogP contribution in [0.2, 0.25) is 0 Å². The zero-order chi connectivity index (χ0) is 21.8. The Balaban J connectivity index is 0.000000318. The zero-order valence-corrected chi connectivity index (χ0v) is 17.9. The summed E-state index contributed by atoms with van der Waals surface area (Å²) in [6.07, 6.45) is 3.01. The van der Waals surface area contributed by atoms with Crippen molar-refractivity contribution in [2.75, 3.05) is 26.3 Å². The van der Waals surface area contributed by atoms with Gasteiger partial charge in [0.15, 0.2) is 0 Å². The molecular formula is C20H29F3N2O4S. The lowest BCUT2D eigenvalue weighted by molar-refractivity contribution is -0.200. The summed E-state index contributed by atoms with van der Waals surface area (Å²) in [5.74, 6) is -1.94. The van der Waals surface area contributed by atoms with Crippen LogP contribution in [0, 0.1) is 12.8 Å². The molecule has 1 spiro atoms. The van der Waals surface area contributed by atoms with Crippen molar-refractivity contribution in [3.8, 4) is 0 Å². The highest BCUT2D eigenvalue weighted by Crippen LogP contribution is 2.37. The first-order chi connectivity index (χ1) is 14.2. The van der Waals surface area contributed by atoms with Crippen molar-refractivity contribution in [2.45, 2.75) is 69.9 Å². The lowest BCUT2D eigenvalue weighted by Crippen LogP contribution is -2.65. The van der Waals surface area contributed by atoms with E-state index in [1.165, 1.54) is 30.7 Å². The largest absolute Gasteiger partial charge is 0.490 e. The van der Waals surface area contributed by atoms with E-state index in [2.05, 4.69) is 22.2 Å². The van der Waals surface area contributed by atoms with Crippen molar-refractivity contribution in [2.24, 2.45) is 5.92 Å². The molecule has 1 unspecified atom stereocenters. The standard InChI is InChI=1S/C18H28N2O2S.C2HF3O2/c1-14-11-23-17(19-14)9-20-12-18(13-20)8-16(6-7-22-18)21-10-15-4-2-3-5-15;3-2(4,5)1(6)7/h11,15-16H,2-10,12-13H2,1H3;(H,6,7). The molecular weight excluding hydrogens is 421 g/mol. The molecule has 0 bridgehead atoms. The highest BCUT2D eigenvalue weighted by atomic mass is 32.1. The van der Waals surface area contributed by atoms with E-state index < -0.39 is 12.1 Å². The van der Waals surface area contributed by atoms with Gasteiger partial charge in [0.1, 0.15) is 5.01 Å². The highest BCUT2D eigenvalue weighted by molar-refractivity contribution is 7.09. The Morgan fingerprint density at radius 3 is 2.60 bits per heavy atom. The molecule has 3 fully saturated rings. The summed E-state index contributed by atoms with van der Waals surface area (Å²) in [7, 11) is 0. The van der Waals surface area contributed by atoms with Crippen molar-refractivity contribution in [3.05, 3.63) is 16.1 Å². The Hall–Kier alpha value is -1.23. The number of halogens is 3. The number of rotatable bonds is 5. The number of nitrogens with zero attached hydrogens (tertiary/aromatic N) is 2. The second kappa shape index (κ2) is 9.93. The van der Waals surface area contributed by atoms with Crippen LogP contribution in [0.3, 0.4) is 0 Å². The van der Waals surface area contributed by atoms with Gasteiger partial charge in [-0.25, -0.2) is 9.78 Å². The third-order valence-electron chi connectivity index (χ3n) is 5.78. The van der Waals surface area contributed by atoms with Crippen molar-refractivity contribution in [3.63, 3.8) is 0 Å². The van der Waals surface area contributed by atoms with Crippen LogP contribution in [0.15, 0.2) is 5.38 Å². The quantitative estimate of drug-likeness (QED) is 0.731. The molecule has 0 radical (unpaired) electrons. The van der Waals surface area contributed by atoms with Crippen LogP contribution >= 0.6 is 11.3 Å². The molecule has 1 N–H and O–H groups in total. The number of thiazole rings is 1. The predicted octanol–water partition coefficient (Wildman–Crippen LogP) is 4.03. The van der Waals surface area contributed by atoms with Crippen LogP contribution in [0.4, 0.5) is 13.2 Å². The maximum absolute atomic E-state index is 10.6. The molecule has 1 aliphatic carbocycles. The Labute approximate surface area is 178 Å². The Bertz CT molecular complexity index is 700. The lowest BCUT2D eigenvalue weighted by Gasteiger charge is -2.53. The molecule has 30 heavy (non-hydrogen) atoms. The number of alkyl halides is 3. The molecule has 0 aromatic carbocycles. The first-order valence-corrected chi connectivity index (χ1v) is 11.2. The van der Waals surface area contributed by atoms with Crippen molar-refractivity contribution < 1.29 is 32.5 Å². The highest BCUT2D eigenvalue weighted by Gasteiger charge is 2.48. The number of aromatic nitrogens is 1. The number of likely N-dealkylation sites (tertiary alicyclic amines) is 1. The topological polar surface area (TPSA) is 71.9 Å². The van der Waals surface area contributed by atoms with Gasteiger partial charge in [0.05, 0.1) is 18.2 Å². The summed E-state index contributed by atoms with van der Waals surface area (Å²) in [5, 5.41) is 10.5. The second-order valence-electron chi connectivity index (χ2n) is 8.46. The predicted molar refractivity (Wildman–Crippen MR) is 105 cm³/mol. The maximum Gasteiger partial charge on any atom is 0.490 e. The summed E-state index contributed by atoms with van der Waals surface area (Å²) in [6.45, 7) is 6.94. The van der Waals surface area contributed by atoms with Gasteiger partial charge in [-0.3, -0.25) is 4.90 Å². The molecule has 1 aromatic heterocycles. The van der Waals surface area contributed by atoms with Crippen LogP contribution < -0.4 is 0 Å². The van der Waals surface area contributed by atoms with Crippen LogP contribution in [-0.4, -0.2) is 65.1 Å². The third-order valence-corrected chi connectivity index (χ3v) is 6.73. The van der Waals surface area contributed by atoms with Gasteiger partial charge in [-0.05, 0) is 32.1 Å². The van der Waals surface area contributed by atoms with Gasteiger partial charge < -0.3 is 14.6 Å². The Morgan fingerprint density at radius 2 is 2.03 bits per heavy atom. The minimum Gasteiger partial charge on any atom is -0.475 e. The molecule has 0 amide bonds. The number of carboxylic acids is 1. The fraction of sp³-hybridized carbons (Fsp3) is 0.800. The molecule has 4 rings (SSSR count). The number of hydrogen-bond acceptors (Lipinski definition) is 6. The SMILES string of the molecule is Cc1csc(CN2CC3(CC(OCC4CCCC4)CCO3)C2)n1.O=C(O)C(F)(F)F. The van der Waals surface area contributed by atoms with Crippen LogP contribution in [0.25, 0.3) is 0 Å². The van der Waals surface area contributed by atoms with Gasteiger partial charge >= 0.3 is 12.1 Å². The summed E-state index contributed by atoms with van der Waals surface area (Å²) in [4.78, 5) is 15.9. The first kappa shape index (κ1) is 23.4. The van der Waals surface area contributed by atoms with E-state index in [1.807, 2.05) is 0 Å². The van der Waals surface area contributed by atoms with E-state index in [4.69, 9.17) is 19.4 Å². The van der Waals surface area contributed by atoms with Crippen molar-refractivity contribution >= 4 is 17.3 Å². The molecule has 10 heteroatoms. The van der Waals surface area contributed by atoms with Gasteiger partial charge in [-0.2, -0.15) is 13.2 Å². The summed E-state index contributed by atoms with van der Waals surface area (Å²) < 4.78 is 44.1. The van der Waals surface area contributed by atoms with Crippen molar-refractivity contribution in [1.29, 1.82) is 0 Å². The van der Waals surface area contributed by atoms with E-state index in [0.29, 0.717) is 6.10 Å². The minimum absolute atomic E-state index is 0.0604. The number of aliphatic carboxylic acids is 1. The third kappa shape index (κ3) is 6.63.